The molecule has 4 nitrogen and oxygen atoms in total. The predicted octanol–water partition coefficient (Wildman–Crippen LogP) is 4.97. The second-order valence-corrected chi connectivity index (χ2v) is 6.08. The largest absolute Gasteiger partial charge is 0.338 e. The van der Waals surface area contributed by atoms with E-state index in [1.54, 1.807) is 0 Å². The van der Waals surface area contributed by atoms with Crippen molar-refractivity contribution >= 4 is 28.3 Å². The number of aryl methyl sites for hydroxylation is 2. The summed E-state index contributed by atoms with van der Waals surface area (Å²) in [5.41, 5.74) is 5.16. The van der Waals surface area contributed by atoms with E-state index < -0.39 is 0 Å². The Morgan fingerprint density at radius 1 is 1.00 bits per heavy atom. The van der Waals surface area contributed by atoms with Gasteiger partial charge < -0.3 is 5.32 Å². The van der Waals surface area contributed by atoms with Gasteiger partial charge >= 0.3 is 0 Å². The first-order valence-corrected chi connectivity index (χ1v) is 8.22. The number of hydrogen-bond donors (Lipinski definition) is 1. The minimum Gasteiger partial charge on any atom is -0.338 e. The Kier molecular flexibility index (Phi) is 4.56. The van der Waals surface area contributed by atoms with E-state index in [2.05, 4.69) is 21.4 Å². The van der Waals surface area contributed by atoms with Crippen LogP contribution in [0, 0.1) is 13.8 Å². The summed E-state index contributed by atoms with van der Waals surface area (Å²) in [7, 11) is 0. The molecule has 0 radical (unpaired) electrons. The number of Topliss-reactive ketones (excluding diaryl/α,β-unsaturated/α-hetero) is 1. The molecule has 0 aliphatic rings. The molecule has 3 rings (SSSR count). The van der Waals surface area contributed by atoms with Gasteiger partial charge in [-0.25, -0.2) is 9.97 Å². The Labute approximate surface area is 142 Å². The summed E-state index contributed by atoms with van der Waals surface area (Å²) in [6.45, 7) is 6.09. The lowest BCUT2D eigenvalue weighted by molar-refractivity contribution is 0.0978. The third kappa shape index (κ3) is 3.43. The fourth-order valence-electron chi connectivity index (χ4n) is 2.81. The molecule has 0 bridgehead atoms. The number of carbonyl (C=O) groups excluding carboxylic acids is 1. The van der Waals surface area contributed by atoms with Gasteiger partial charge in [0.1, 0.15) is 5.69 Å². The fourth-order valence-corrected chi connectivity index (χ4v) is 2.81. The molecule has 1 N–H and O–H groups in total. The van der Waals surface area contributed by atoms with Gasteiger partial charge in [0.15, 0.2) is 11.6 Å². The van der Waals surface area contributed by atoms with Crippen molar-refractivity contribution in [3.63, 3.8) is 0 Å². The lowest BCUT2D eigenvalue weighted by Crippen LogP contribution is -2.09. The van der Waals surface area contributed by atoms with Gasteiger partial charge in [-0.3, -0.25) is 4.79 Å². The van der Waals surface area contributed by atoms with E-state index in [4.69, 9.17) is 0 Å². The van der Waals surface area contributed by atoms with Gasteiger partial charge in [-0.15, -0.1) is 0 Å². The molecule has 0 saturated heterocycles. The van der Waals surface area contributed by atoms with Crippen LogP contribution >= 0.6 is 0 Å². The van der Waals surface area contributed by atoms with Crippen LogP contribution in [0.25, 0.3) is 11.0 Å². The Balaban J connectivity index is 2.09. The Morgan fingerprint density at radius 3 is 2.25 bits per heavy atom. The summed E-state index contributed by atoms with van der Waals surface area (Å²) in [5.74, 6) is 0.541. The van der Waals surface area contributed by atoms with E-state index in [-0.39, 0.29) is 5.78 Å². The quantitative estimate of drug-likeness (QED) is 0.674. The lowest BCUT2D eigenvalue weighted by atomic mass is 10.1. The zero-order valence-corrected chi connectivity index (χ0v) is 14.3. The molecule has 4 heteroatoms. The van der Waals surface area contributed by atoms with E-state index >= 15 is 0 Å². The van der Waals surface area contributed by atoms with Crippen LogP contribution in [-0.4, -0.2) is 15.8 Å². The first-order valence-electron chi connectivity index (χ1n) is 8.22. The molecule has 0 aliphatic heterocycles. The number of ketones is 1. The molecule has 0 saturated carbocycles. The maximum Gasteiger partial charge on any atom is 0.185 e. The molecule has 0 fully saturated rings. The van der Waals surface area contributed by atoms with Crippen LogP contribution in [0.5, 0.6) is 0 Å². The van der Waals surface area contributed by atoms with Gasteiger partial charge in [0.2, 0.25) is 0 Å². The number of hydrogen-bond acceptors (Lipinski definition) is 4. The number of para-hydroxylation sites is 2. The summed E-state index contributed by atoms with van der Waals surface area (Å²) >= 11 is 0. The van der Waals surface area contributed by atoms with Crippen LogP contribution < -0.4 is 5.32 Å². The van der Waals surface area contributed by atoms with Crippen molar-refractivity contribution < 1.29 is 4.79 Å². The highest BCUT2D eigenvalue weighted by atomic mass is 16.1. The maximum atomic E-state index is 12.5. The Hall–Kier alpha value is -2.75. The molecule has 122 valence electrons. The number of aromatic nitrogens is 2. The molecule has 0 aliphatic carbocycles. The maximum absolute atomic E-state index is 12.5. The third-order valence-corrected chi connectivity index (χ3v) is 3.80. The van der Waals surface area contributed by atoms with Crippen LogP contribution in [-0.2, 0) is 0 Å². The number of rotatable bonds is 5. The summed E-state index contributed by atoms with van der Waals surface area (Å²) in [4.78, 5) is 21.7. The number of nitrogens with zero attached hydrogens (tertiary/aromatic N) is 2. The zero-order chi connectivity index (χ0) is 17.1. The van der Waals surface area contributed by atoms with E-state index in [0.717, 1.165) is 34.3 Å². The topological polar surface area (TPSA) is 54.9 Å². The summed E-state index contributed by atoms with van der Waals surface area (Å²) in [5, 5.41) is 3.29. The molecule has 1 aromatic heterocycles. The SMILES string of the molecule is CCCC(=O)c1nc2ccccc2nc1Nc1cc(C)cc(C)c1. The smallest absolute Gasteiger partial charge is 0.185 e. The number of carbonyl (C=O) groups is 1. The van der Waals surface area contributed by atoms with Crippen molar-refractivity contribution in [2.45, 2.75) is 33.6 Å². The Bertz CT molecular complexity index is 882. The normalized spacial score (nSPS) is 10.8. The van der Waals surface area contributed by atoms with Crippen LogP contribution in [0.1, 0.15) is 41.4 Å². The van der Waals surface area contributed by atoms with Gasteiger partial charge in [0.05, 0.1) is 11.0 Å². The first-order chi connectivity index (χ1) is 11.6. The molecule has 1 heterocycles. The number of anilines is 2. The molecule has 0 atom stereocenters. The molecule has 3 aromatic rings. The van der Waals surface area contributed by atoms with Crippen molar-refractivity contribution in [3.05, 3.63) is 59.3 Å². The monoisotopic (exact) mass is 319 g/mol. The number of fused-ring (bicyclic) bond motifs is 1. The van der Waals surface area contributed by atoms with E-state index in [9.17, 15) is 4.79 Å². The average Bonchev–Trinajstić information content (AvgIpc) is 2.53. The van der Waals surface area contributed by atoms with Gasteiger partial charge in [0, 0.05) is 12.1 Å². The molecule has 0 amide bonds. The van der Waals surface area contributed by atoms with Crippen LogP contribution in [0.2, 0.25) is 0 Å². The highest BCUT2D eigenvalue weighted by molar-refractivity contribution is 6.00. The van der Waals surface area contributed by atoms with Crippen LogP contribution in [0.3, 0.4) is 0 Å². The van der Waals surface area contributed by atoms with Gasteiger partial charge in [-0.05, 0) is 55.7 Å². The summed E-state index contributed by atoms with van der Waals surface area (Å²) in [6.07, 6.45) is 1.25. The van der Waals surface area contributed by atoms with Crippen LogP contribution in [0.4, 0.5) is 11.5 Å². The van der Waals surface area contributed by atoms with Gasteiger partial charge in [0.25, 0.3) is 0 Å². The van der Waals surface area contributed by atoms with E-state index in [1.807, 2.05) is 57.2 Å². The highest BCUT2D eigenvalue weighted by Gasteiger charge is 2.16. The summed E-state index contributed by atoms with van der Waals surface area (Å²) < 4.78 is 0. The van der Waals surface area contributed by atoms with E-state index in [1.165, 1.54) is 0 Å². The fraction of sp³-hybridized carbons (Fsp3) is 0.250. The number of nitrogens with one attached hydrogen (secondary N) is 1. The second-order valence-electron chi connectivity index (χ2n) is 6.08. The zero-order valence-electron chi connectivity index (χ0n) is 14.3. The number of benzene rings is 2. The molecule has 0 unspecified atom stereocenters. The van der Waals surface area contributed by atoms with Gasteiger partial charge in [-0.1, -0.05) is 25.1 Å². The Morgan fingerprint density at radius 2 is 1.62 bits per heavy atom. The predicted molar refractivity (Wildman–Crippen MR) is 98.0 cm³/mol. The minimum atomic E-state index is 0.0163. The average molecular weight is 319 g/mol. The third-order valence-electron chi connectivity index (χ3n) is 3.80. The van der Waals surface area contributed by atoms with E-state index in [0.29, 0.717) is 17.9 Å². The summed E-state index contributed by atoms with van der Waals surface area (Å²) in [6, 6.07) is 13.8. The van der Waals surface area contributed by atoms with Crippen molar-refractivity contribution in [2.24, 2.45) is 0 Å². The standard InChI is InChI=1S/C20H21N3O/c1-4-7-18(24)19-20(21-15-11-13(2)10-14(3)12-15)23-17-9-6-5-8-16(17)22-19/h5-6,8-12H,4,7H2,1-3H3,(H,21,23). The van der Waals surface area contributed by atoms with Crippen molar-refractivity contribution in [3.8, 4) is 0 Å². The van der Waals surface area contributed by atoms with Crippen LogP contribution in [0.15, 0.2) is 42.5 Å². The van der Waals surface area contributed by atoms with Crippen molar-refractivity contribution in [2.75, 3.05) is 5.32 Å². The molecule has 24 heavy (non-hydrogen) atoms. The molecular formula is C20H21N3O. The molecular weight excluding hydrogens is 298 g/mol. The first kappa shape index (κ1) is 16.1. The molecule has 2 aromatic carbocycles. The minimum absolute atomic E-state index is 0.0163. The van der Waals surface area contributed by atoms with Crippen molar-refractivity contribution in [1.29, 1.82) is 0 Å². The highest BCUT2D eigenvalue weighted by Crippen LogP contribution is 2.24. The van der Waals surface area contributed by atoms with Crippen molar-refractivity contribution in [1.82, 2.24) is 9.97 Å². The second kappa shape index (κ2) is 6.79. The molecule has 0 spiro atoms. The lowest BCUT2D eigenvalue weighted by Gasteiger charge is -2.12. The van der Waals surface area contributed by atoms with Gasteiger partial charge in [-0.2, -0.15) is 0 Å².